The molecule has 1 rings (SSSR count). The summed E-state index contributed by atoms with van der Waals surface area (Å²) in [6.07, 6.45) is 5.59. The van der Waals surface area contributed by atoms with E-state index in [0.29, 0.717) is 11.3 Å². The predicted molar refractivity (Wildman–Crippen MR) is 79.2 cm³/mol. The Bertz CT molecular complexity index is 454. The van der Waals surface area contributed by atoms with E-state index >= 15 is 0 Å². The van der Waals surface area contributed by atoms with Crippen LogP contribution >= 0.6 is 6.89 Å². The van der Waals surface area contributed by atoms with Gasteiger partial charge in [0.2, 0.25) is 0 Å². The number of hydrogen-bond donors (Lipinski definition) is 0. The van der Waals surface area contributed by atoms with Crippen molar-refractivity contribution < 1.29 is 0 Å². The molecule has 0 radical (unpaired) electrons. The van der Waals surface area contributed by atoms with Crippen LogP contribution in [0.25, 0.3) is 0 Å². The summed E-state index contributed by atoms with van der Waals surface area (Å²) in [4.78, 5) is 0. The van der Waals surface area contributed by atoms with Crippen LogP contribution in [0.2, 0.25) is 0 Å². The molecule has 0 aromatic heterocycles. The highest BCUT2D eigenvalue weighted by Gasteiger charge is 2.23. The van der Waals surface area contributed by atoms with Gasteiger partial charge in [0, 0.05) is 0 Å². The molecule has 17 heavy (non-hydrogen) atoms. The summed E-state index contributed by atoms with van der Waals surface area (Å²) in [6, 6.07) is 10.2. The molecule has 0 aliphatic heterocycles. The van der Waals surface area contributed by atoms with E-state index in [1.54, 1.807) is 0 Å². The zero-order valence-corrected chi connectivity index (χ0v) is 12.2. The summed E-state index contributed by atoms with van der Waals surface area (Å²) in [7, 11) is 0. The highest BCUT2D eigenvalue weighted by Crippen LogP contribution is 2.57. The molecule has 0 bridgehead atoms. The average molecular weight is 247 g/mol. The fourth-order valence-corrected chi connectivity index (χ4v) is 4.84. The molecule has 0 atom stereocenters. The number of hydrogen-bond acceptors (Lipinski definition) is 1. The van der Waals surface area contributed by atoms with E-state index in [-0.39, 0.29) is 0 Å². The van der Waals surface area contributed by atoms with Gasteiger partial charge < -0.3 is 0 Å². The molecule has 1 aromatic rings. The van der Waals surface area contributed by atoms with Crippen molar-refractivity contribution in [3.05, 3.63) is 35.4 Å². The molecule has 1 aromatic carbocycles. The average Bonchev–Trinajstić information content (AvgIpc) is 2.28. The second-order valence-electron chi connectivity index (χ2n) is 5.26. The van der Waals surface area contributed by atoms with Gasteiger partial charge in [-0.2, -0.15) is 5.26 Å². The topological polar surface area (TPSA) is 23.8 Å². The first-order valence-electron chi connectivity index (χ1n) is 6.11. The lowest BCUT2D eigenvalue weighted by atomic mass is 10.2. The van der Waals surface area contributed by atoms with Crippen molar-refractivity contribution in [1.82, 2.24) is 0 Å². The first kappa shape index (κ1) is 14.1. The maximum atomic E-state index is 8.92. The zero-order valence-electron chi connectivity index (χ0n) is 11.3. The van der Waals surface area contributed by atoms with Gasteiger partial charge in [0.15, 0.2) is 0 Å². The minimum Gasteiger partial charge on any atom is -0.192 e. The first-order valence-corrected chi connectivity index (χ1v) is 8.40. The van der Waals surface area contributed by atoms with Gasteiger partial charge >= 0.3 is 0 Å². The van der Waals surface area contributed by atoms with E-state index in [9.17, 15) is 0 Å². The van der Waals surface area contributed by atoms with Crippen LogP contribution < -0.4 is 0 Å². The van der Waals surface area contributed by atoms with Crippen molar-refractivity contribution in [2.45, 2.75) is 45.2 Å². The van der Waals surface area contributed by atoms with Crippen molar-refractivity contribution in [3.8, 4) is 6.07 Å². The van der Waals surface area contributed by atoms with Crippen molar-refractivity contribution >= 4 is 13.2 Å². The Morgan fingerprint density at radius 2 is 1.82 bits per heavy atom. The smallest absolute Gasteiger partial charge is 0.0991 e. The molecule has 0 saturated carbocycles. The molecule has 2 heteroatoms. The van der Waals surface area contributed by atoms with Gasteiger partial charge in [-0.05, 0) is 35.2 Å². The normalized spacial score (nSPS) is 11.8. The van der Waals surface area contributed by atoms with Crippen molar-refractivity contribution in [2.24, 2.45) is 0 Å². The standard InChI is InChI=1S/C15H22NP/c1-12(2)17(5,13(3)4)11-15-8-6-7-14(9-15)10-16/h6-9,12-13H,5,11H2,1-4H3. The van der Waals surface area contributed by atoms with Crippen LogP contribution in [0, 0.1) is 11.3 Å². The molecular formula is C15H22NP. The number of rotatable bonds is 4. The van der Waals surface area contributed by atoms with Gasteiger partial charge in [0.1, 0.15) is 0 Å². The second-order valence-corrected chi connectivity index (χ2v) is 9.85. The molecule has 0 aliphatic rings. The van der Waals surface area contributed by atoms with Crippen LogP contribution in [0.3, 0.4) is 0 Å². The molecule has 0 spiro atoms. The quantitative estimate of drug-likeness (QED) is 0.727. The van der Waals surface area contributed by atoms with Crippen LogP contribution in [0.1, 0.15) is 38.8 Å². The molecule has 1 nitrogen and oxygen atoms in total. The van der Waals surface area contributed by atoms with E-state index < -0.39 is 6.89 Å². The molecule has 92 valence electrons. The molecule has 0 amide bonds. The predicted octanol–water partition coefficient (Wildman–Crippen LogP) is 4.32. The van der Waals surface area contributed by atoms with E-state index in [4.69, 9.17) is 5.26 Å². The maximum absolute atomic E-state index is 8.92. The van der Waals surface area contributed by atoms with E-state index in [1.165, 1.54) is 5.56 Å². The molecular weight excluding hydrogens is 225 g/mol. The molecule has 0 heterocycles. The lowest BCUT2D eigenvalue weighted by Crippen LogP contribution is -2.11. The van der Waals surface area contributed by atoms with Gasteiger partial charge in [0.25, 0.3) is 0 Å². The summed E-state index contributed by atoms with van der Waals surface area (Å²) in [6.45, 7) is 7.87. The van der Waals surface area contributed by atoms with Gasteiger partial charge in [-0.25, -0.2) is 0 Å². The third-order valence-electron chi connectivity index (χ3n) is 3.59. The Morgan fingerprint density at radius 3 is 2.29 bits per heavy atom. The number of nitrogens with zero attached hydrogens (tertiary/aromatic N) is 1. The summed E-state index contributed by atoms with van der Waals surface area (Å²) < 4.78 is 0. The fourth-order valence-electron chi connectivity index (χ4n) is 2.04. The van der Waals surface area contributed by atoms with Crippen LogP contribution in [0.5, 0.6) is 0 Å². The maximum Gasteiger partial charge on any atom is 0.0991 e. The third kappa shape index (κ3) is 3.24. The highest BCUT2D eigenvalue weighted by atomic mass is 31.2. The van der Waals surface area contributed by atoms with Gasteiger partial charge in [0.05, 0.1) is 11.6 Å². The lowest BCUT2D eigenvalue weighted by molar-refractivity contribution is 0.990. The molecule has 0 fully saturated rings. The Morgan fingerprint density at radius 1 is 1.24 bits per heavy atom. The number of benzene rings is 1. The fraction of sp³-hybridized carbons (Fsp3) is 0.467. The molecule has 0 saturated heterocycles. The van der Waals surface area contributed by atoms with Crippen LogP contribution in [0.15, 0.2) is 24.3 Å². The monoisotopic (exact) mass is 247 g/mol. The third-order valence-corrected chi connectivity index (χ3v) is 8.66. The summed E-state index contributed by atoms with van der Waals surface area (Å²) in [5.74, 6) is 0. The van der Waals surface area contributed by atoms with E-state index in [2.05, 4.69) is 46.1 Å². The van der Waals surface area contributed by atoms with Crippen LogP contribution in [-0.2, 0) is 6.16 Å². The Labute approximate surface area is 105 Å². The van der Waals surface area contributed by atoms with Gasteiger partial charge in [-0.15, -0.1) is 6.89 Å². The summed E-state index contributed by atoms with van der Waals surface area (Å²) >= 11 is 0. The lowest BCUT2D eigenvalue weighted by Gasteiger charge is -2.33. The van der Waals surface area contributed by atoms with E-state index in [0.717, 1.165) is 11.7 Å². The molecule has 0 N–H and O–H groups in total. The molecule has 0 aliphatic carbocycles. The Kier molecular flexibility index (Phi) is 4.61. The largest absolute Gasteiger partial charge is 0.192 e. The Hall–Kier alpha value is -0.990. The minimum atomic E-state index is -1.22. The van der Waals surface area contributed by atoms with Gasteiger partial charge in [-0.1, -0.05) is 46.1 Å². The first-order chi connectivity index (χ1) is 7.90. The van der Waals surface area contributed by atoms with Crippen LogP contribution in [0.4, 0.5) is 0 Å². The minimum absolute atomic E-state index is 0.633. The number of nitriles is 1. The van der Waals surface area contributed by atoms with Crippen LogP contribution in [-0.4, -0.2) is 17.6 Å². The van der Waals surface area contributed by atoms with Gasteiger partial charge in [-0.3, -0.25) is 0 Å². The van der Waals surface area contributed by atoms with Crippen molar-refractivity contribution in [2.75, 3.05) is 0 Å². The molecule has 0 unspecified atom stereocenters. The SMILES string of the molecule is C=P(Cc1cccc(C#N)c1)(C(C)C)C(C)C. The summed E-state index contributed by atoms with van der Waals surface area (Å²) in [5, 5.41) is 8.92. The second kappa shape index (κ2) is 5.56. The Balaban J connectivity index is 3.03. The van der Waals surface area contributed by atoms with E-state index in [1.807, 2.05) is 18.2 Å². The van der Waals surface area contributed by atoms with Crippen molar-refractivity contribution in [3.63, 3.8) is 0 Å². The van der Waals surface area contributed by atoms with Crippen molar-refractivity contribution in [1.29, 1.82) is 5.26 Å². The highest BCUT2D eigenvalue weighted by molar-refractivity contribution is 7.74. The zero-order chi connectivity index (χ0) is 13.1. The summed E-state index contributed by atoms with van der Waals surface area (Å²) in [5.41, 5.74) is 3.28.